The Morgan fingerprint density at radius 3 is 2.42 bits per heavy atom. The van der Waals surface area contributed by atoms with Crippen LogP contribution in [0.1, 0.15) is 32.1 Å². The molecule has 0 aliphatic carbocycles. The average molecular weight is 267 g/mol. The molecule has 0 aromatic rings. The van der Waals surface area contributed by atoms with Crippen LogP contribution in [0.25, 0.3) is 0 Å². The highest BCUT2D eigenvalue weighted by molar-refractivity contribution is 5.76. The molecule has 1 amide bonds. The maximum atomic E-state index is 12.2. The standard InChI is InChI=1S/C15H29N3O/c1-17-9-5-14(6-10-17)12-18(2)15(19)11-13-3-7-16-8-4-13/h13-14,16H,3-12H2,1-2H3. The Hall–Kier alpha value is -0.610. The van der Waals surface area contributed by atoms with Gasteiger partial charge < -0.3 is 15.1 Å². The number of rotatable bonds is 4. The Bertz CT molecular complexity index is 281. The largest absolute Gasteiger partial charge is 0.345 e. The predicted octanol–water partition coefficient (Wildman–Crippen LogP) is 1.18. The summed E-state index contributed by atoms with van der Waals surface area (Å²) in [7, 11) is 4.17. The number of carbonyl (C=O) groups is 1. The summed E-state index contributed by atoms with van der Waals surface area (Å²) in [5, 5.41) is 3.36. The van der Waals surface area contributed by atoms with Crippen LogP contribution < -0.4 is 5.32 Å². The summed E-state index contributed by atoms with van der Waals surface area (Å²) in [6, 6.07) is 0. The van der Waals surface area contributed by atoms with Gasteiger partial charge in [-0.15, -0.1) is 0 Å². The van der Waals surface area contributed by atoms with Gasteiger partial charge in [-0.2, -0.15) is 0 Å². The van der Waals surface area contributed by atoms with E-state index in [1.165, 1.54) is 25.9 Å². The molecule has 2 rings (SSSR count). The number of hydrogen-bond acceptors (Lipinski definition) is 3. The second-order valence-electron chi connectivity index (χ2n) is 6.42. The zero-order chi connectivity index (χ0) is 13.7. The van der Waals surface area contributed by atoms with Gasteiger partial charge in [0.15, 0.2) is 0 Å². The molecule has 0 aromatic heterocycles. The molecule has 0 atom stereocenters. The quantitative estimate of drug-likeness (QED) is 0.831. The third kappa shape index (κ3) is 4.77. The molecule has 0 aromatic carbocycles. The first-order valence-electron chi connectivity index (χ1n) is 7.78. The lowest BCUT2D eigenvalue weighted by Crippen LogP contribution is -2.39. The predicted molar refractivity (Wildman–Crippen MR) is 78.1 cm³/mol. The molecule has 2 heterocycles. The fraction of sp³-hybridized carbons (Fsp3) is 0.933. The van der Waals surface area contributed by atoms with Gasteiger partial charge in [-0.1, -0.05) is 0 Å². The van der Waals surface area contributed by atoms with Crippen LogP contribution in [0.2, 0.25) is 0 Å². The molecule has 1 N–H and O–H groups in total. The molecule has 0 bridgehead atoms. The van der Waals surface area contributed by atoms with Crippen LogP contribution in [0.5, 0.6) is 0 Å². The summed E-state index contributed by atoms with van der Waals surface area (Å²) in [6.45, 7) is 5.48. The van der Waals surface area contributed by atoms with Crippen LogP contribution in [-0.2, 0) is 4.79 Å². The SMILES string of the molecule is CN1CCC(CN(C)C(=O)CC2CCNCC2)CC1. The molecule has 0 radical (unpaired) electrons. The van der Waals surface area contributed by atoms with Crippen LogP contribution in [0.4, 0.5) is 0 Å². The first-order valence-corrected chi connectivity index (χ1v) is 7.78. The molecule has 110 valence electrons. The monoisotopic (exact) mass is 267 g/mol. The van der Waals surface area contributed by atoms with Crippen LogP contribution in [0.15, 0.2) is 0 Å². The van der Waals surface area contributed by atoms with Crippen molar-refractivity contribution in [3.05, 3.63) is 0 Å². The second-order valence-corrected chi connectivity index (χ2v) is 6.42. The molecule has 19 heavy (non-hydrogen) atoms. The minimum absolute atomic E-state index is 0.353. The fourth-order valence-electron chi connectivity index (χ4n) is 3.22. The maximum absolute atomic E-state index is 12.2. The number of amides is 1. The lowest BCUT2D eigenvalue weighted by Gasteiger charge is -2.32. The number of hydrogen-bond donors (Lipinski definition) is 1. The molecule has 2 saturated heterocycles. The Labute approximate surface area is 117 Å². The summed E-state index contributed by atoms with van der Waals surface area (Å²) in [5.41, 5.74) is 0. The lowest BCUT2D eigenvalue weighted by molar-refractivity contribution is -0.131. The van der Waals surface area contributed by atoms with E-state index < -0.39 is 0 Å². The zero-order valence-corrected chi connectivity index (χ0v) is 12.5. The summed E-state index contributed by atoms with van der Waals surface area (Å²) in [5.74, 6) is 1.66. The van der Waals surface area contributed by atoms with Gasteiger partial charge in [0, 0.05) is 20.0 Å². The van der Waals surface area contributed by atoms with Crippen molar-refractivity contribution < 1.29 is 4.79 Å². The van der Waals surface area contributed by atoms with Crippen molar-refractivity contribution >= 4 is 5.91 Å². The Balaban J connectivity index is 1.69. The molecule has 0 saturated carbocycles. The molecule has 2 aliphatic heterocycles. The minimum Gasteiger partial charge on any atom is -0.345 e. The topological polar surface area (TPSA) is 35.6 Å². The van der Waals surface area contributed by atoms with Gasteiger partial charge in [-0.3, -0.25) is 4.79 Å². The Kier molecular flexibility index (Phi) is 5.64. The summed E-state index contributed by atoms with van der Waals surface area (Å²) < 4.78 is 0. The fourth-order valence-corrected chi connectivity index (χ4v) is 3.22. The number of piperidine rings is 2. The van der Waals surface area contributed by atoms with E-state index in [0.717, 1.165) is 38.9 Å². The van der Waals surface area contributed by atoms with Crippen molar-refractivity contribution in [2.75, 3.05) is 46.8 Å². The highest BCUT2D eigenvalue weighted by Gasteiger charge is 2.22. The molecule has 0 unspecified atom stereocenters. The Morgan fingerprint density at radius 1 is 1.16 bits per heavy atom. The highest BCUT2D eigenvalue weighted by atomic mass is 16.2. The molecule has 4 nitrogen and oxygen atoms in total. The average Bonchev–Trinajstić information content (AvgIpc) is 2.42. The second kappa shape index (κ2) is 7.25. The normalized spacial score (nSPS) is 23.5. The van der Waals surface area contributed by atoms with Gasteiger partial charge in [0.25, 0.3) is 0 Å². The van der Waals surface area contributed by atoms with Gasteiger partial charge in [-0.25, -0.2) is 0 Å². The highest BCUT2D eigenvalue weighted by Crippen LogP contribution is 2.20. The zero-order valence-electron chi connectivity index (χ0n) is 12.5. The number of likely N-dealkylation sites (tertiary alicyclic amines) is 1. The van der Waals surface area contributed by atoms with E-state index in [0.29, 0.717) is 17.7 Å². The third-order valence-electron chi connectivity index (χ3n) is 4.72. The molecule has 0 spiro atoms. The van der Waals surface area contributed by atoms with Crippen LogP contribution in [0.3, 0.4) is 0 Å². The van der Waals surface area contributed by atoms with E-state index in [9.17, 15) is 4.79 Å². The molecular weight excluding hydrogens is 238 g/mol. The minimum atomic E-state index is 0.353. The molecular formula is C15H29N3O. The van der Waals surface area contributed by atoms with E-state index >= 15 is 0 Å². The van der Waals surface area contributed by atoms with Gasteiger partial charge in [0.05, 0.1) is 0 Å². The van der Waals surface area contributed by atoms with Crippen molar-refractivity contribution in [3.63, 3.8) is 0 Å². The Morgan fingerprint density at radius 2 is 1.79 bits per heavy atom. The lowest BCUT2D eigenvalue weighted by atomic mass is 9.93. The smallest absolute Gasteiger partial charge is 0.222 e. The summed E-state index contributed by atoms with van der Waals surface area (Å²) in [6.07, 6.45) is 5.55. The number of carbonyl (C=O) groups excluding carboxylic acids is 1. The van der Waals surface area contributed by atoms with Gasteiger partial charge >= 0.3 is 0 Å². The molecule has 2 fully saturated rings. The van der Waals surface area contributed by atoms with E-state index in [4.69, 9.17) is 0 Å². The van der Waals surface area contributed by atoms with E-state index in [-0.39, 0.29) is 0 Å². The molecule has 2 aliphatic rings. The maximum Gasteiger partial charge on any atom is 0.222 e. The first-order chi connectivity index (χ1) is 9.15. The van der Waals surface area contributed by atoms with E-state index in [1.807, 2.05) is 11.9 Å². The van der Waals surface area contributed by atoms with Crippen LogP contribution in [-0.4, -0.2) is 62.5 Å². The van der Waals surface area contributed by atoms with Crippen molar-refractivity contribution in [2.45, 2.75) is 32.1 Å². The number of nitrogens with one attached hydrogen (secondary N) is 1. The van der Waals surface area contributed by atoms with Crippen molar-refractivity contribution in [1.29, 1.82) is 0 Å². The third-order valence-corrected chi connectivity index (χ3v) is 4.72. The summed E-state index contributed by atoms with van der Waals surface area (Å²) in [4.78, 5) is 16.6. The first kappa shape index (κ1) is 14.8. The van der Waals surface area contributed by atoms with E-state index in [2.05, 4.69) is 17.3 Å². The van der Waals surface area contributed by atoms with E-state index in [1.54, 1.807) is 0 Å². The number of nitrogens with zero attached hydrogens (tertiary/aromatic N) is 2. The van der Waals surface area contributed by atoms with Crippen molar-refractivity contribution in [2.24, 2.45) is 11.8 Å². The van der Waals surface area contributed by atoms with Crippen LogP contribution in [0, 0.1) is 11.8 Å². The van der Waals surface area contributed by atoms with Gasteiger partial charge in [0.2, 0.25) is 5.91 Å². The van der Waals surface area contributed by atoms with Crippen molar-refractivity contribution in [3.8, 4) is 0 Å². The van der Waals surface area contributed by atoms with Crippen LogP contribution >= 0.6 is 0 Å². The van der Waals surface area contributed by atoms with Gasteiger partial charge in [0.1, 0.15) is 0 Å². The van der Waals surface area contributed by atoms with Gasteiger partial charge in [-0.05, 0) is 70.7 Å². The molecule has 4 heteroatoms. The summed E-state index contributed by atoms with van der Waals surface area (Å²) >= 11 is 0. The van der Waals surface area contributed by atoms with Crippen molar-refractivity contribution in [1.82, 2.24) is 15.1 Å².